The number of aryl methyl sites for hydroxylation is 2. The van der Waals surface area contributed by atoms with Crippen molar-refractivity contribution >= 4 is 23.0 Å². The molecular formula is C24H32N4O3. The third-order valence-electron chi connectivity index (χ3n) is 5.41. The first-order chi connectivity index (χ1) is 15.0. The summed E-state index contributed by atoms with van der Waals surface area (Å²) < 4.78 is 12.8. The Morgan fingerprint density at radius 1 is 1.19 bits per heavy atom. The number of pyridine rings is 1. The molecule has 0 spiro atoms. The highest BCUT2D eigenvalue weighted by atomic mass is 16.5. The fourth-order valence-corrected chi connectivity index (χ4v) is 3.76. The van der Waals surface area contributed by atoms with Crippen LogP contribution in [0.4, 0.5) is 5.95 Å². The van der Waals surface area contributed by atoms with Gasteiger partial charge in [-0.3, -0.25) is 4.98 Å². The van der Waals surface area contributed by atoms with Crippen molar-refractivity contribution in [3.8, 4) is 5.75 Å². The zero-order valence-corrected chi connectivity index (χ0v) is 19.1. The van der Waals surface area contributed by atoms with Gasteiger partial charge in [-0.05, 0) is 45.4 Å². The number of anilines is 1. The van der Waals surface area contributed by atoms with E-state index >= 15 is 0 Å². The van der Waals surface area contributed by atoms with Gasteiger partial charge >= 0.3 is 5.97 Å². The summed E-state index contributed by atoms with van der Waals surface area (Å²) in [7, 11) is 1.68. The number of aromatic nitrogens is 3. The molecule has 0 saturated carbocycles. The first-order valence-electron chi connectivity index (χ1n) is 10.9. The van der Waals surface area contributed by atoms with E-state index in [-0.39, 0.29) is 5.97 Å². The molecule has 0 aliphatic carbocycles. The van der Waals surface area contributed by atoms with Crippen LogP contribution in [0.15, 0.2) is 24.4 Å². The number of nitrogens with one attached hydrogen (secondary N) is 1. The van der Waals surface area contributed by atoms with Gasteiger partial charge in [-0.2, -0.15) is 0 Å². The highest BCUT2D eigenvalue weighted by molar-refractivity contribution is 5.94. The lowest BCUT2D eigenvalue weighted by molar-refractivity contribution is 0.0526. The number of carbonyl (C=O) groups excluding carboxylic acids is 1. The van der Waals surface area contributed by atoms with Gasteiger partial charge in [0.05, 0.1) is 42.6 Å². The summed E-state index contributed by atoms with van der Waals surface area (Å²) in [5, 5.41) is 3.45. The van der Waals surface area contributed by atoms with Crippen molar-refractivity contribution in [1.29, 1.82) is 0 Å². The molecule has 166 valence electrons. The normalized spacial score (nSPS) is 11.0. The molecule has 0 aliphatic rings. The average molecular weight is 425 g/mol. The number of imidazole rings is 1. The van der Waals surface area contributed by atoms with Crippen LogP contribution < -0.4 is 10.1 Å². The molecule has 7 nitrogen and oxygen atoms in total. The van der Waals surface area contributed by atoms with E-state index in [2.05, 4.69) is 21.8 Å². The lowest BCUT2D eigenvalue weighted by atomic mass is 10.1. The summed E-state index contributed by atoms with van der Waals surface area (Å²) in [6.45, 7) is 9.74. The van der Waals surface area contributed by atoms with Gasteiger partial charge < -0.3 is 19.4 Å². The fraction of sp³-hybridized carbons (Fsp3) is 0.458. The second-order valence-corrected chi connectivity index (χ2v) is 7.62. The molecule has 3 rings (SSSR count). The maximum Gasteiger partial charge on any atom is 0.338 e. The van der Waals surface area contributed by atoms with Crippen LogP contribution >= 0.6 is 0 Å². The van der Waals surface area contributed by atoms with Crippen LogP contribution in [0.1, 0.15) is 60.3 Å². The lowest BCUT2D eigenvalue weighted by Gasteiger charge is -2.14. The van der Waals surface area contributed by atoms with Crippen molar-refractivity contribution < 1.29 is 14.3 Å². The number of nitrogens with zero attached hydrogens (tertiary/aromatic N) is 3. The minimum atomic E-state index is -0.328. The van der Waals surface area contributed by atoms with Gasteiger partial charge in [0, 0.05) is 23.9 Å². The molecule has 2 heterocycles. The predicted molar refractivity (Wildman–Crippen MR) is 123 cm³/mol. The second-order valence-electron chi connectivity index (χ2n) is 7.62. The van der Waals surface area contributed by atoms with Crippen LogP contribution in [0.3, 0.4) is 0 Å². The Morgan fingerprint density at radius 3 is 2.71 bits per heavy atom. The molecule has 3 aromatic rings. The second kappa shape index (κ2) is 10.3. The van der Waals surface area contributed by atoms with Crippen LogP contribution in [0.25, 0.3) is 11.0 Å². The summed E-state index contributed by atoms with van der Waals surface area (Å²) in [4.78, 5) is 21.5. The molecule has 0 atom stereocenters. The number of methoxy groups -OCH3 is 1. The molecule has 1 aromatic carbocycles. The molecule has 0 saturated heterocycles. The Labute approximate surface area is 183 Å². The highest BCUT2D eigenvalue weighted by Crippen LogP contribution is 2.26. The lowest BCUT2D eigenvalue weighted by Crippen LogP contribution is -2.10. The number of rotatable bonds is 10. The zero-order valence-electron chi connectivity index (χ0n) is 19.1. The molecule has 2 aromatic heterocycles. The molecule has 0 amide bonds. The molecule has 1 N–H and O–H groups in total. The van der Waals surface area contributed by atoms with E-state index in [1.165, 1.54) is 0 Å². The number of ether oxygens (including phenoxy) is 2. The quantitative estimate of drug-likeness (QED) is 0.363. The van der Waals surface area contributed by atoms with Crippen molar-refractivity contribution in [1.82, 2.24) is 14.5 Å². The molecule has 0 bridgehead atoms. The van der Waals surface area contributed by atoms with Gasteiger partial charge in [-0.1, -0.05) is 19.8 Å². The summed E-state index contributed by atoms with van der Waals surface area (Å²) in [5.74, 6) is 1.31. The van der Waals surface area contributed by atoms with Crippen molar-refractivity contribution in [2.75, 3.05) is 19.0 Å². The maximum atomic E-state index is 12.1. The van der Waals surface area contributed by atoms with E-state index in [1.54, 1.807) is 26.2 Å². The molecular weight excluding hydrogens is 392 g/mol. The predicted octanol–water partition coefficient (Wildman–Crippen LogP) is 5.04. The standard InChI is InChI=1S/C24H32N4O3/c1-6-8-9-12-28-21-11-10-18(23(29)31-7-2)13-19(21)27-24(28)26-15-20-17(4)22(30-5)16(3)14-25-20/h10-11,13-14H,6-9,12,15H2,1-5H3,(H,26,27). The van der Waals surface area contributed by atoms with E-state index in [9.17, 15) is 4.79 Å². The average Bonchev–Trinajstić information content (AvgIpc) is 3.10. The highest BCUT2D eigenvalue weighted by Gasteiger charge is 2.15. The Hall–Kier alpha value is -3.09. The first kappa shape index (κ1) is 22.6. The number of fused-ring (bicyclic) bond motifs is 1. The fourth-order valence-electron chi connectivity index (χ4n) is 3.76. The van der Waals surface area contributed by atoms with Crippen LogP contribution in [-0.4, -0.2) is 34.2 Å². The Balaban J connectivity index is 1.92. The summed E-state index contributed by atoms with van der Waals surface area (Å²) >= 11 is 0. The van der Waals surface area contributed by atoms with Crippen molar-refractivity contribution in [2.24, 2.45) is 0 Å². The topological polar surface area (TPSA) is 78.3 Å². The third kappa shape index (κ3) is 4.98. The van der Waals surface area contributed by atoms with E-state index < -0.39 is 0 Å². The van der Waals surface area contributed by atoms with Gasteiger partial charge in [-0.15, -0.1) is 0 Å². The van der Waals surface area contributed by atoms with E-state index in [0.717, 1.165) is 65.4 Å². The molecule has 0 radical (unpaired) electrons. The minimum absolute atomic E-state index is 0.328. The van der Waals surface area contributed by atoms with Crippen LogP contribution in [-0.2, 0) is 17.8 Å². The molecule has 0 unspecified atom stereocenters. The van der Waals surface area contributed by atoms with E-state index in [0.29, 0.717) is 18.7 Å². The minimum Gasteiger partial charge on any atom is -0.496 e. The van der Waals surface area contributed by atoms with Crippen LogP contribution in [0, 0.1) is 13.8 Å². The van der Waals surface area contributed by atoms with E-state index in [1.807, 2.05) is 26.1 Å². The summed E-state index contributed by atoms with van der Waals surface area (Å²) in [6.07, 6.45) is 5.19. The number of carbonyl (C=O) groups is 1. The van der Waals surface area contributed by atoms with Gasteiger partial charge in [-0.25, -0.2) is 9.78 Å². The van der Waals surface area contributed by atoms with Crippen LogP contribution in [0.5, 0.6) is 5.75 Å². The Kier molecular flexibility index (Phi) is 7.50. The van der Waals surface area contributed by atoms with Crippen molar-refractivity contribution in [3.63, 3.8) is 0 Å². The van der Waals surface area contributed by atoms with E-state index in [4.69, 9.17) is 14.5 Å². The SMILES string of the molecule is CCCCCn1c(NCc2ncc(C)c(OC)c2C)nc2cc(C(=O)OCC)ccc21. The summed E-state index contributed by atoms with van der Waals surface area (Å²) in [5.41, 5.74) is 5.24. The number of benzene rings is 1. The number of unbranched alkanes of at least 4 members (excludes halogenated alkanes) is 2. The van der Waals surface area contributed by atoms with Gasteiger partial charge in [0.2, 0.25) is 5.95 Å². The smallest absolute Gasteiger partial charge is 0.338 e. The third-order valence-corrected chi connectivity index (χ3v) is 5.41. The Morgan fingerprint density at radius 2 is 2.00 bits per heavy atom. The van der Waals surface area contributed by atoms with Crippen molar-refractivity contribution in [2.45, 2.75) is 60.0 Å². The molecule has 7 heteroatoms. The van der Waals surface area contributed by atoms with Gasteiger partial charge in [0.15, 0.2) is 0 Å². The molecule has 0 fully saturated rings. The first-order valence-corrected chi connectivity index (χ1v) is 10.9. The monoisotopic (exact) mass is 424 g/mol. The Bertz CT molecular complexity index is 1060. The largest absolute Gasteiger partial charge is 0.496 e. The number of esters is 1. The summed E-state index contributed by atoms with van der Waals surface area (Å²) in [6, 6.07) is 5.55. The maximum absolute atomic E-state index is 12.1. The zero-order chi connectivity index (χ0) is 22.4. The van der Waals surface area contributed by atoms with Crippen molar-refractivity contribution in [3.05, 3.63) is 46.8 Å². The molecule has 0 aliphatic heterocycles. The number of hydrogen-bond donors (Lipinski definition) is 1. The van der Waals surface area contributed by atoms with Gasteiger partial charge in [0.25, 0.3) is 0 Å². The van der Waals surface area contributed by atoms with Crippen LogP contribution in [0.2, 0.25) is 0 Å². The molecule has 31 heavy (non-hydrogen) atoms. The van der Waals surface area contributed by atoms with Gasteiger partial charge in [0.1, 0.15) is 5.75 Å². The number of hydrogen-bond acceptors (Lipinski definition) is 6.